The van der Waals surface area contributed by atoms with Gasteiger partial charge in [-0.25, -0.2) is 8.42 Å². The molecule has 45 heavy (non-hydrogen) atoms. The lowest BCUT2D eigenvalue weighted by molar-refractivity contribution is -0.140. The van der Waals surface area contributed by atoms with E-state index in [0.29, 0.717) is 6.42 Å². The number of hydrogen-bond donors (Lipinski definition) is 1. The molecule has 4 rings (SSSR count). The van der Waals surface area contributed by atoms with Gasteiger partial charge in [-0.1, -0.05) is 108 Å². The summed E-state index contributed by atoms with van der Waals surface area (Å²) in [5.74, 6) is -0.874. The molecule has 10 heteroatoms. The molecule has 0 aliphatic rings. The number of hydrogen-bond acceptors (Lipinski definition) is 4. The molecule has 0 radical (unpaired) electrons. The molecule has 2 amide bonds. The fraction of sp³-hybridized carbons (Fsp3) is 0.257. The summed E-state index contributed by atoms with van der Waals surface area (Å²) in [7, 11) is -4.25. The summed E-state index contributed by atoms with van der Waals surface area (Å²) in [4.78, 5) is 29.8. The Labute approximate surface area is 275 Å². The fourth-order valence-corrected chi connectivity index (χ4v) is 6.48. The monoisotopic (exact) mass is 665 g/mol. The topological polar surface area (TPSA) is 86.8 Å². The number of sulfonamides is 1. The smallest absolute Gasteiger partial charge is 0.264 e. The van der Waals surface area contributed by atoms with E-state index in [0.717, 1.165) is 21.0 Å². The van der Waals surface area contributed by atoms with Gasteiger partial charge in [-0.3, -0.25) is 13.9 Å². The van der Waals surface area contributed by atoms with Crippen LogP contribution in [0.2, 0.25) is 10.0 Å². The lowest BCUT2D eigenvalue weighted by atomic mass is 10.0. The maximum Gasteiger partial charge on any atom is 0.264 e. The Morgan fingerprint density at radius 1 is 0.822 bits per heavy atom. The lowest BCUT2D eigenvalue weighted by Crippen LogP contribution is -2.54. The molecule has 0 saturated carbocycles. The number of nitrogens with one attached hydrogen (secondary N) is 1. The highest BCUT2D eigenvalue weighted by atomic mass is 35.5. The van der Waals surface area contributed by atoms with Gasteiger partial charge in [0.05, 0.1) is 20.6 Å². The number of anilines is 1. The van der Waals surface area contributed by atoms with Gasteiger partial charge in [0.1, 0.15) is 12.6 Å². The van der Waals surface area contributed by atoms with E-state index in [9.17, 15) is 18.0 Å². The second kappa shape index (κ2) is 15.4. The third-order valence-corrected chi connectivity index (χ3v) is 10.1. The van der Waals surface area contributed by atoms with Crippen LogP contribution in [0.5, 0.6) is 0 Å². The summed E-state index contributed by atoms with van der Waals surface area (Å²) in [6, 6.07) is 28.5. The molecule has 0 spiro atoms. The maximum atomic E-state index is 14.5. The quantitative estimate of drug-likeness (QED) is 0.166. The summed E-state index contributed by atoms with van der Waals surface area (Å²) in [5.41, 5.74) is 2.71. The number of aryl methyl sites for hydroxylation is 1. The molecule has 236 valence electrons. The minimum Gasteiger partial charge on any atom is -0.352 e. The maximum absolute atomic E-state index is 14.5. The summed E-state index contributed by atoms with van der Waals surface area (Å²) >= 11 is 12.5. The van der Waals surface area contributed by atoms with Gasteiger partial charge < -0.3 is 10.2 Å². The third-order valence-electron chi connectivity index (χ3n) is 7.55. The lowest BCUT2D eigenvalue weighted by Gasteiger charge is -2.34. The van der Waals surface area contributed by atoms with Crippen LogP contribution in [0.1, 0.15) is 37.0 Å². The van der Waals surface area contributed by atoms with Crippen molar-refractivity contribution in [1.82, 2.24) is 10.2 Å². The molecule has 0 aliphatic carbocycles. The number of amides is 2. The first-order chi connectivity index (χ1) is 21.5. The van der Waals surface area contributed by atoms with E-state index in [1.54, 1.807) is 12.1 Å². The van der Waals surface area contributed by atoms with Gasteiger partial charge in [-0.05, 0) is 61.7 Å². The summed E-state index contributed by atoms with van der Waals surface area (Å²) in [6.07, 6.45) is 0.940. The molecule has 0 aromatic heterocycles. The Bertz CT molecular complexity index is 1700. The molecule has 4 aromatic carbocycles. The van der Waals surface area contributed by atoms with Crippen molar-refractivity contribution < 1.29 is 18.0 Å². The predicted octanol–water partition coefficient (Wildman–Crippen LogP) is 7.05. The van der Waals surface area contributed by atoms with Crippen molar-refractivity contribution in [3.05, 3.63) is 130 Å². The first kappa shape index (κ1) is 34.0. The van der Waals surface area contributed by atoms with Crippen molar-refractivity contribution in [2.75, 3.05) is 10.8 Å². The standard InChI is InChI=1S/C35H37Cl2N3O4S/c1-4-26(3)38-35(42)33(21-27-11-7-5-8-12-27)39(23-28-13-9-6-10-14-28)34(41)24-40(29-17-20-31(36)32(37)22-29)45(43,44)30-18-15-25(2)16-19-30/h5-20,22,26,33H,4,21,23-24H2,1-3H3,(H,38,42). The second-order valence-corrected chi connectivity index (χ2v) is 13.6. The van der Waals surface area contributed by atoms with Crippen molar-refractivity contribution in [2.24, 2.45) is 0 Å². The Balaban J connectivity index is 1.81. The normalized spacial score (nSPS) is 12.6. The summed E-state index contributed by atoms with van der Waals surface area (Å²) in [5, 5.41) is 3.42. The number of nitrogens with zero attached hydrogens (tertiary/aromatic N) is 2. The SMILES string of the molecule is CCC(C)NC(=O)C(Cc1ccccc1)N(Cc1ccccc1)C(=O)CN(c1ccc(Cl)c(Cl)c1)S(=O)(=O)c1ccc(C)cc1. The highest BCUT2D eigenvalue weighted by Gasteiger charge is 2.35. The minimum absolute atomic E-state index is 0.0110. The molecule has 2 unspecified atom stereocenters. The molecule has 0 saturated heterocycles. The molecule has 0 fully saturated rings. The van der Waals surface area contributed by atoms with Crippen LogP contribution in [0.25, 0.3) is 0 Å². The molecular weight excluding hydrogens is 629 g/mol. The van der Waals surface area contributed by atoms with Gasteiger partial charge in [0.2, 0.25) is 11.8 Å². The van der Waals surface area contributed by atoms with Gasteiger partial charge in [0.25, 0.3) is 10.0 Å². The number of carbonyl (C=O) groups excluding carboxylic acids is 2. The van der Waals surface area contributed by atoms with Crippen LogP contribution in [0.3, 0.4) is 0 Å². The van der Waals surface area contributed by atoms with Gasteiger partial charge in [-0.15, -0.1) is 0 Å². The van der Waals surface area contributed by atoms with Crippen molar-refractivity contribution in [1.29, 1.82) is 0 Å². The Kier molecular flexibility index (Phi) is 11.7. The average molecular weight is 667 g/mol. The molecule has 2 atom stereocenters. The molecule has 4 aromatic rings. The number of rotatable bonds is 13. The van der Waals surface area contributed by atoms with E-state index in [-0.39, 0.29) is 45.5 Å². The Morgan fingerprint density at radius 2 is 1.42 bits per heavy atom. The molecule has 1 N–H and O–H groups in total. The highest BCUT2D eigenvalue weighted by molar-refractivity contribution is 7.92. The Hall–Kier alpha value is -3.85. The second-order valence-electron chi connectivity index (χ2n) is 11.0. The minimum atomic E-state index is -4.25. The van der Waals surface area contributed by atoms with Crippen molar-refractivity contribution >= 4 is 50.7 Å². The van der Waals surface area contributed by atoms with E-state index in [2.05, 4.69) is 5.32 Å². The first-order valence-corrected chi connectivity index (χ1v) is 16.9. The summed E-state index contributed by atoms with van der Waals surface area (Å²) in [6.45, 7) is 5.24. The van der Waals surface area contributed by atoms with E-state index in [1.807, 2.05) is 81.4 Å². The zero-order valence-electron chi connectivity index (χ0n) is 25.5. The van der Waals surface area contributed by atoms with E-state index < -0.39 is 28.5 Å². The largest absolute Gasteiger partial charge is 0.352 e. The fourth-order valence-electron chi connectivity index (χ4n) is 4.78. The number of halogens is 2. The van der Waals surface area contributed by atoms with Crippen molar-refractivity contribution in [3.63, 3.8) is 0 Å². The van der Waals surface area contributed by atoms with Crippen LogP contribution < -0.4 is 9.62 Å². The molecule has 0 heterocycles. The third kappa shape index (κ3) is 8.87. The van der Waals surface area contributed by atoms with E-state index >= 15 is 0 Å². The molecule has 0 aliphatic heterocycles. The van der Waals surface area contributed by atoms with E-state index in [4.69, 9.17) is 23.2 Å². The van der Waals surface area contributed by atoms with Gasteiger partial charge >= 0.3 is 0 Å². The zero-order chi connectivity index (χ0) is 32.6. The zero-order valence-corrected chi connectivity index (χ0v) is 27.8. The highest BCUT2D eigenvalue weighted by Crippen LogP contribution is 2.31. The Morgan fingerprint density at radius 3 is 2.00 bits per heavy atom. The summed E-state index contributed by atoms with van der Waals surface area (Å²) < 4.78 is 29.3. The predicted molar refractivity (Wildman–Crippen MR) is 181 cm³/mol. The van der Waals surface area contributed by atoms with Gasteiger partial charge in [0, 0.05) is 19.0 Å². The molecule has 0 bridgehead atoms. The van der Waals surface area contributed by atoms with Crippen molar-refractivity contribution in [3.8, 4) is 0 Å². The van der Waals surface area contributed by atoms with Crippen LogP contribution >= 0.6 is 23.2 Å². The average Bonchev–Trinajstić information content (AvgIpc) is 3.03. The number of benzene rings is 4. The first-order valence-electron chi connectivity index (χ1n) is 14.7. The molecular formula is C35H37Cl2N3O4S. The molecule has 7 nitrogen and oxygen atoms in total. The van der Waals surface area contributed by atoms with Crippen LogP contribution in [0.15, 0.2) is 108 Å². The van der Waals surface area contributed by atoms with Crippen LogP contribution in [-0.4, -0.2) is 43.8 Å². The number of carbonyl (C=O) groups is 2. The van der Waals surface area contributed by atoms with E-state index in [1.165, 1.54) is 35.2 Å². The van der Waals surface area contributed by atoms with Crippen molar-refractivity contribution in [2.45, 2.75) is 57.1 Å². The van der Waals surface area contributed by atoms with Crippen LogP contribution in [0, 0.1) is 6.92 Å². The van der Waals surface area contributed by atoms with Gasteiger partial charge in [0.15, 0.2) is 0 Å². The van der Waals surface area contributed by atoms with Crippen LogP contribution in [-0.2, 0) is 32.6 Å². The van der Waals surface area contributed by atoms with Gasteiger partial charge in [-0.2, -0.15) is 0 Å². The van der Waals surface area contributed by atoms with Crippen LogP contribution in [0.4, 0.5) is 5.69 Å².